The Balaban J connectivity index is 2.47. The molecular formula is C10H17F3N2O2. The summed E-state index contributed by atoms with van der Waals surface area (Å²) in [6, 6.07) is -0.773. The lowest BCUT2D eigenvalue weighted by molar-refractivity contribution is -0.151. The number of alkyl halides is 3. The van der Waals surface area contributed by atoms with Crippen LogP contribution < -0.4 is 5.32 Å². The Morgan fingerprint density at radius 2 is 2.12 bits per heavy atom. The van der Waals surface area contributed by atoms with Gasteiger partial charge in [-0.25, -0.2) is 0 Å². The van der Waals surface area contributed by atoms with Gasteiger partial charge in [0.1, 0.15) is 6.04 Å². The van der Waals surface area contributed by atoms with Crippen LogP contribution in [0.25, 0.3) is 0 Å². The number of nitrogens with zero attached hydrogens (tertiary/aromatic N) is 1. The maximum atomic E-state index is 12.2. The molecule has 7 heteroatoms. The molecule has 2 N–H and O–H groups in total. The first-order valence-electron chi connectivity index (χ1n) is 5.59. The van der Waals surface area contributed by atoms with Gasteiger partial charge in [0.2, 0.25) is 0 Å². The molecule has 1 unspecified atom stereocenters. The summed E-state index contributed by atoms with van der Waals surface area (Å²) >= 11 is 0. The van der Waals surface area contributed by atoms with E-state index in [4.69, 9.17) is 5.11 Å². The van der Waals surface area contributed by atoms with Crippen molar-refractivity contribution in [3.63, 3.8) is 0 Å². The summed E-state index contributed by atoms with van der Waals surface area (Å²) in [6.07, 6.45) is -2.50. The molecule has 0 aliphatic heterocycles. The van der Waals surface area contributed by atoms with Gasteiger partial charge in [-0.2, -0.15) is 13.2 Å². The van der Waals surface area contributed by atoms with E-state index in [1.165, 1.54) is 0 Å². The molecule has 0 radical (unpaired) electrons. The third kappa shape index (κ3) is 5.88. The lowest BCUT2D eigenvalue weighted by atomic mass is 10.2. The van der Waals surface area contributed by atoms with Crippen molar-refractivity contribution in [1.29, 1.82) is 0 Å². The van der Waals surface area contributed by atoms with Gasteiger partial charge < -0.3 is 10.4 Å². The van der Waals surface area contributed by atoms with Gasteiger partial charge in [0.15, 0.2) is 0 Å². The first kappa shape index (κ1) is 14.2. The monoisotopic (exact) mass is 254 g/mol. The van der Waals surface area contributed by atoms with Crippen molar-refractivity contribution in [3.8, 4) is 0 Å². The average Bonchev–Trinajstić information content (AvgIpc) is 2.97. The van der Waals surface area contributed by atoms with Gasteiger partial charge in [-0.1, -0.05) is 6.92 Å². The number of carboxylic acids is 1. The Labute approximate surface area is 97.8 Å². The minimum absolute atomic E-state index is 0.123. The van der Waals surface area contributed by atoms with Crippen LogP contribution in [0, 0.1) is 0 Å². The standard InChI is InChI=1S/C10H17F3N2O2/c1-2-15(6-10(11,12)13)5-8(9(16)17)14-7-3-4-7/h7-8,14H,2-6H2,1H3,(H,16,17). The summed E-state index contributed by atoms with van der Waals surface area (Å²) < 4.78 is 36.6. The summed E-state index contributed by atoms with van der Waals surface area (Å²) in [4.78, 5) is 12.0. The molecule has 0 aromatic heterocycles. The molecule has 0 aromatic carbocycles. The molecule has 17 heavy (non-hydrogen) atoms. The van der Waals surface area contributed by atoms with Crippen molar-refractivity contribution in [3.05, 3.63) is 0 Å². The predicted molar refractivity (Wildman–Crippen MR) is 55.8 cm³/mol. The minimum Gasteiger partial charge on any atom is -0.480 e. The van der Waals surface area contributed by atoms with E-state index in [1.807, 2.05) is 0 Å². The van der Waals surface area contributed by atoms with Gasteiger partial charge in [0.05, 0.1) is 6.54 Å². The van der Waals surface area contributed by atoms with Crippen LogP contribution in [-0.2, 0) is 4.79 Å². The lowest BCUT2D eigenvalue weighted by Crippen LogP contribution is -2.49. The highest BCUT2D eigenvalue weighted by molar-refractivity contribution is 5.73. The normalized spacial score (nSPS) is 18.4. The Morgan fingerprint density at radius 3 is 2.47 bits per heavy atom. The van der Waals surface area contributed by atoms with Crippen molar-refractivity contribution in [2.75, 3.05) is 19.6 Å². The van der Waals surface area contributed by atoms with Crippen molar-refractivity contribution in [1.82, 2.24) is 10.2 Å². The number of halogens is 3. The molecule has 1 aliphatic rings. The number of aliphatic carboxylic acids is 1. The van der Waals surface area contributed by atoms with Crippen molar-refractivity contribution < 1.29 is 23.1 Å². The maximum Gasteiger partial charge on any atom is 0.401 e. The van der Waals surface area contributed by atoms with Gasteiger partial charge in [-0.3, -0.25) is 9.69 Å². The fourth-order valence-electron chi connectivity index (χ4n) is 1.55. The molecule has 1 atom stereocenters. The van der Waals surface area contributed by atoms with Gasteiger partial charge in [-0.05, 0) is 19.4 Å². The van der Waals surface area contributed by atoms with Gasteiger partial charge in [-0.15, -0.1) is 0 Å². The molecule has 1 aliphatic carbocycles. The van der Waals surface area contributed by atoms with Crippen LogP contribution in [0.2, 0.25) is 0 Å². The van der Waals surface area contributed by atoms with Gasteiger partial charge >= 0.3 is 12.1 Å². The Bertz CT molecular complexity index is 267. The second kappa shape index (κ2) is 5.68. The van der Waals surface area contributed by atoms with E-state index in [-0.39, 0.29) is 19.1 Å². The first-order chi connectivity index (χ1) is 7.81. The Kier molecular flexibility index (Phi) is 4.76. The fraction of sp³-hybridized carbons (Fsp3) is 0.900. The average molecular weight is 254 g/mol. The van der Waals surface area contributed by atoms with Crippen LogP contribution in [0.3, 0.4) is 0 Å². The largest absolute Gasteiger partial charge is 0.480 e. The van der Waals surface area contributed by atoms with E-state index in [0.29, 0.717) is 0 Å². The summed E-state index contributed by atoms with van der Waals surface area (Å²) in [6.45, 7) is 0.568. The second-order valence-corrected chi connectivity index (χ2v) is 4.27. The maximum absolute atomic E-state index is 12.2. The molecule has 0 saturated heterocycles. The van der Waals surface area contributed by atoms with Crippen LogP contribution in [0.4, 0.5) is 13.2 Å². The topological polar surface area (TPSA) is 52.6 Å². The lowest BCUT2D eigenvalue weighted by Gasteiger charge is -2.25. The third-order valence-corrected chi connectivity index (χ3v) is 2.60. The van der Waals surface area contributed by atoms with Crippen LogP contribution in [0.15, 0.2) is 0 Å². The molecule has 0 spiro atoms. The molecule has 1 saturated carbocycles. The third-order valence-electron chi connectivity index (χ3n) is 2.60. The Morgan fingerprint density at radius 1 is 1.53 bits per heavy atom. The van der Waals surface area contributed by atoms with Gasteiger partial charge in [0.25, 0.3) is 0 Å². The molecule has 0 bridgehead atoms. The smallest absolute Gasteiger partial charge is 0.401 e. The molecular weight excluding hydrogens is 237 g/mol. The van der Waals surface area contributed by atoms with Crippen molar-refractivity contribution in [2.45, 2.75) is 38.0 Å². The number of likely N-dealkylation sites (N-methyl/N-ethyl adjacent to an activating group) is 1. The predicted octanol–water partition coefficient (Wildman–Crippen LogP) is 1.08. The summed E-state index contributed by atoms with van der Waals surface area (Å²) in [5.74, 6) is -1.10. The molecule has 4 nitrogen and oxygen atoms in total. The molecule has 1 fully saturated rings. The van der Waals surface area contributed by atoms with E-state index < -0.39 is 24.7 Å². The van der Waals surface area contributed by atoms with Crippen molar-refractivity contribution in [2.24, 2.45) is 0 Å². The van der Waals surface area contributed by atoms with Gasteiger partial charge in [0, 0.05) is 12.6 Å². The van der Waals surface area contributed by atoms with Crippen LogP contribution >= 0.6 is 0 Å². The molecule has 0 amide bonds. The summed E-state index contributed by atoms with van der Waals surface area (Å²) in [5, 5.41) is 11.8. The summed E-state index contributed by atoms with van der Waals surface area (Å²) in [7, 11) is 0. The highest BCUT2D eigenvalue weighted by atomic mass is 19.4. The van der Waals surface area contributed by atoms with Crippen molar-refractivity contribution >= 4 is 5.97 Å². The quantitative estimate of drug-likeness (QED) is 0.713. The van der Waals surface area contributed by atoms with E-state index in [9.17, 15) is 18.0 Å². The number of carboxylic acid groups (broad SMARTS) is 1. The van der Waals surface area contributed by atoms with E-state index >= 15 is 0 Å². The molecule has 0 heterocycles. The zero-order valence-corrected chi connectivity index (χ0v) is 9.63. The van der Waals surface area contributed by atoms with Crippen LogP contribution in [-0.4, -0.2) is 53.9 Å². The van der Waals surface area contributed by atoms with E-state index in [1.54, 1.807) is 6.92 Å². The minimum atomic E-state index is -4.29. The van der Waals surface area contributed by atoms with E-state index in [2.05, 4.69) is 5.32 Å². The summed E-state index contributed by atoms with van der Waals surface area (Å²) in [5.41, 5.74) is 0. The van der Waals surface area contributed by atoms with Crippen LogP contribution in [0.1, 0.15) is 19.8 Å². The zero-order chi connectivity index (χ0) is 13.1. The first-order valence-corrected chi connectivity index (χ1v) is 5.59. The Hall–Kier alpha value is -0.820. The number of rotatable bonds is 7. The van der Waals surface area contributed by atoms with Crippen LogP contribution in [0.5, 0.6) is 0 Å². The SMILES string of the molecule is CCN(CC(NC1CC1)C(=O)O)CC(F)(F)F. The highest BCUT2D eigenvalue weighted by Gasteiger charge is 2.34. The number of hydrogen-bond donors (Lipinski definition) is 2. The van der Waals surface area contributed by atoms with E-state index in [0.717, 1.165) is 17.7 Å². The molecule has 0 aromatic rings. The molecule has 1 rings (SSSR count). The molecule has 100 valence electrons. The fourth-order valence-corrected chi connectivity index (χ4v) is 1.55. The number of carbonyl (C=O) groups is 1. The highest BCUT2D eigenvalue weighted by Crippen LogP contribution is 2.20. The number of nitrogens with one attached hydrogen (secondary N) is 1. The second-order valence-electron chi connectivity index (χ2n) is 4.27. The number of hydrogen-bond acceptors (Lipinski definition) is 3. The zero-order valence-electron chi connectivity index (χ0n) is 9.63.